The second-order valence-electron chi connectivity index (χ2n) is 5.77. The van der Waals surface area contributed by atoms with E-state index in [0.29, 0.717) is 35.2 Å². The van der Waals surface area contributed by atoms with Gasteiger partial charge in [-0.25, -0.2) is 4.39 Å². The van der Waals surface area contributed by atoms with Gasteiger partial charge in [0.05, 0.1) is 5.52 Å². The number of aromatic nitrogens is 2. The van der Waals surface area contributed by atoms with Crippen LogP contribution in [0.1, 0.15) is 21.5 Å². The first-order valence-electron chi connectivity index (χ1n) is 7.62. The number of halogens is 1. The number of carbonyl (C=O) groups is 1. The number of phenols is 1. The molecule has 6 nitrogen and oxygen atoms in total. The molecule has 0 saturated heterocycles. The molecule has 0 atom stereocenters. The second kappa shape index (κ2) is 5.61. The summed E-state index contributed by atoms with van der Waals surface area (Å²) in [6, 6.07) is 7.43. The highest BCUT2D eigenvalue weighted by atomic mass is 19.1. The Kier molecular flexibility index (Phi) is 3.42. The van der Waals surface area contributed by atoms with Crippen molar-refractivity contribution in [1.82, 2.24) is 15.5 Å². The van der Waals surface area contributed by atoms with E-state index in [-0.39, 0.29) is 5.75 Å². The Morgan fingerprint density at radius 3 is 3.04 bits per heavy atom. The van der Waals surface area contributed by atoms with Crippen molar-refractivity contribution in [2.75, 3.05) is 11.9 Å². The summed E-state index contributed by atoms with van der Waals surface area (Å²) in [6.45, 7) is 1.31. The van der Waals surface area contributed by atoms with Gasteiger partial charge in [-0.1, -0.05) is 0 Å². The zero-order valence-electron chi connectivity index (χ0n) is 12.7. The number of fused-ring (bicyclic) bond motifs is 2. The van der Waals surface area contributed by atoms with Crippen LogP contribution in [0.25, 0.3) is 10.9 Å². The minimum absolute atomic E-state index is 0.107. The van der Waals surface area contributed by atoms with Gasteiger partial charge in [0.25, 0.3) is 5.91 Å². The number of carbonyl (C=O) groups excluding carboxylic acids is 1. The predicted octanol–water partition coefficient (Wildman–Crippen LogP) is 2.31. The lowest BCUT2D eigenvalue weighted by molar-refractivity contribution is 0.102. The SMILES string of the molecule is O=C(Nc1n[nH]c2cc(O)ccc12)c1cc(F)cc2c1CCNC2. The van der Waals surface area contributed by atoms with Crippen molar-refractivity contribution in [3.05, 3.63) is 52.8 Å². The first kappa shape index (κ1) is 14.6. The van der Waals surface area contributed by atoms with Gasteiger partial charge in [0, 0.05) is 23.6 Å². The molecule has 24 heavy (non-hydrogen) atoms. The van der Waals surface area contributed by atoms with E-state index in [9.17, 15) is 14.3 Å². The van der Waals surface area contributed by atoms with Gasteiger partial charge in [-0.15, -0.1) is 0 Å². The predicted molar refractivity (Wildman–Crippen MR) is 87.5 cm³/mol. The summed E-state index contributed by atoms with van der Waals surface area (Å²) in [4.78, 5) is 12.6. The third-order valence-corrected chi connectivity index (χ3v) is 4.20. The van der Waals surface area contributed by atoms with E-state index in [4.69, 9.17) is 0 Å². The maximum absolute atomic E-state index is 13.8. The standard InChI is InChI=1S/C17H15FN4O2/c18-10-5-9-8-19-4-3-12(9)14(6-10)17(24)20-16-13-2-1-11(23)7-15(13)21-22-16/h1-2,5-7,19,23H,3-4,8H2,(H2,20,21,22,24). The Hall–Kier alpha value is -2.93. The number of benzene rings is 2. The summed E-state index contributed by atoms with van der Waals surface area (Å²) in [6.07, 6.45) is 0.674. The maximum Gasteiger partial charge on any atom is 0.257 e. The average Bonchev–Trinajstić information content (AvgIpc) is 2.95. The van der Waals surface area contributed by atoms with Crippen molar-refractivity contribution in [2.24, 2.45) is 0 Å². The van der Waals surface area contributed by atoms with Crippen LogP contribution in [0.2, 0.25) is 0 Å². The number of rotatable bonds is 2. The van der Waals surface area contributed by atoms with Crippen LogP contribution in [0, 0.1) is 5.82 Å². The first-order valence-corrected chi connectivity index (χ1v) is 7.62. The van der Waals surface area contributed by atoms with Crippen molar-refractivity contribution >= 4 is 22.6 Å². The molecule has 0 spiro atoms. The number of aromatic hydroxyl groups is 1. The van der Waals surface area contributed by atoms with Gasteiger partial charge in [0.1, 0.15) is 11.6 Å². The van der Waals surface area contributed by atoms with E-state index in [0.717, 1.165) is 17.7 Å². The third-order valence-electron chi connectivity index (χ3n) is 4.20. The number of H-pyrrole nitrogens is 1. The molecule has 0 bridgehead atoms. The quantitative estimate of drug-likeness (QED) is 0.582. The van der Waals surface area contributed by atoms with Crippen molar-refractivity contribution in [2.45, 2.75) is 13.0 Å². The Bertz CT molecular complexity index is 951. The number of aromatic amines is 1. The molecular weight excluding hydrogens is 311 g/mol. The zero-order chi connectivity index (χ0) is 16.7. The molecule has 0 unspecified atom stereocenters. The summed E-state index contributed by atoms with van der Waals surface area (Å²) < 4.78 is 13.8. The molecule has 1 aliphatic rings. The lowest BCUT2D eigenvalue weighted by Crippen LogP contribution is -2.27. The lowest BCUT2D eigenvalue weighted by Gasteiger charge is -2.20. The fraction of sp³-hybridized carbons (Fsp3) is 0.176. The third kappa shape index (κ3) is 2.48. The van der Waals surface area contributed by atoms with Crippen molar-refractivity contribution in [1.29, 1.82) is 0 Å². The maximum atomic E-state index is 13.8. The van der Waals surface area contributed by atoms with E-state index >= 15 is 0 Å². The number of anilines is 1. The molecule has 1 aromatic heterocycles. The van der Waals surface area contributed by atoms with Crippen LogP contribution in [0.15, 0.2) is 30.3 Å². The van der Waals surface area contributed by atoms with Crippen LogP contribution >= 0.6 is 0 Å². The van der Waals surface area contributed by atoms with Crippen LogP contribution in [0.5, 0.6) is 5.75 Å². The molecule has 0 saturated carbocycles. The Labute approximate surface area is 136 Å². The number of hydrogen-bond acceptors (Lipinski definition) is 4. The first-order chi connectivity index (χ1) is 11.6. The normalized spacial score (nSPS) is 13.7. The van der Waals surface area contributed by atoms with Crippen molar-refractivity contribution in [3.8, 4) is 5.75 Å². The molecule has 3 aromatic rings. The van der Waals surface area contributed by atoms with Crippen LogP contribution in [-0.4, -0.2) is 27.8 Å². The van der Waals surface area contributed by atoms with E-state index in [1.54, 1.807) is 6.07 Å². The van der Waals surface area contributed by atoms with E-state index in [1.807, 2.05) is 0 Å². The van der Waals surface area contributed by atoms with Crippen molar-refractivity contribution in [3.63, 3.8) is 0 Å². The van der Waals surface area contributed by atoms with Crippen LogP contribution in [-0.2, 0) is 13.0 Å². The molecule has 1 amide bonds. The highest BCUT2D eigenvalue weighted by Crippen LogP contribution is 2.26. The summed E-state index contributed by atoms with van der Waals surface area (Å²) in [5, 5.41) is 22.9. The minimum atomic E-state index is -0.431. The second-order valence-corrected chi connectivity index (χ2v) is 5.77. The largest absolute Gasteiger partial charge is 0.508 e. The zero-order valence-corrected chi connectivity index (χ0v) is 12.7. The van der Waals surface area contributed by atoms with E-state index < -0.39 is 11.7 Å². The Morgan fingerprint density at radius 1 is 1.29 bits per heavy atom. The Balaban J connectivity index is 1.70. The molecule has 1 aliphatic heterocycles. The fourth-order valence-electron chi connectivity index (χ4n) is 3.06. The number of nitrogens with one attached hydrogen (secondary N) is 3. The molecule has 2 aromatic carbocycles. The molecule has 122 valence electrons. The smallest absolute Gasteiger partial charge is 0.257 e. The molecule has 0 radical (unpaired) electrons. The van der Waals surface area contributed by atoms with Crippen LogP contribution in [0.3, 0.4) is 0 Å². The van der Waals surface area contributed by atoms with Gasteiger partial charge in [-0.2, -0.15) is 5.10 Å². The van der Waals surface area contributed by atoms with Gasteiger partial charge >= 0.3 is 0 Å². The lowest BCUT2D eigenvalue weighted by atomic mass is 9.94. The topological polar surface area (TPSA) is 90.0 Å². The fourth-order valence-corrected chi connectivity index (χ4v) is 3.06. The monoisotopic (exact) mass is 326 g/mol. The van der Waals surface area contributed by atoms with Crippen LogP contribution in [0.4, 0.5) is 10.2 Å². The number of phenolic OH excluding ortho intramolecular Hbond substituents is 1. The summed E-state index contributed by atoms with van der Waals surface area (Å²) in [5.41, 5.74) is 2.62. The summed E-state index contributed by atoms with van der Waals surface area (Å²) in [7, 11) is 0. The van der Waals surface area contributed by atoms with Gasteiger partial charge in [-0.05, 0) is 48.4 Å². The van der Waals surface area contributed by atoms with Gasteiger partial charge in [-0.3, -0.25) is 9.89 Å². The van der Waals surface area contributed by atoms with Crippen molar-refractivity contribution < 1.29 is 14.3 Å². The number of hydrogen-bond donors (Lipinski definition) is 4. The van der Waals surface area contributed by atoms with Crippen LogP contribution < -0.4 is 10.6 Å². The van der Waals surface area contributed by atoms with Gasteiger partial charge in [0.15, 0.2) is 5.82 Å². The Morgan fingerprint density at radius 2 is 2.17 bits per heavy atom. The molecule has 4 rings (SSSR count). The van der Waals surface area contributed by atoms with E-state index in [1.165, 1.54) is 24.3 Å². The highest BCUT2D eigenvalue weighted by molar-refractivity contribution is 6.08. The molecule has 2 heterocycles. The van der Waals surface area contributed by atoms with Gasteiger partial charge in [0.2, 0.25) is 0 Å². The number of amides is 1. The molecule has 7 heteroatoms. The molecule has 0 aliphatic carbocycles. The summed E-state index contributed by atoms with van der Waals surface area (Å²) in [5.74, 6) is -0.369. The average molecular weight is 326 g/mol. The van der Waals surface area contributed by atoms with E-state index in [2.05, 4.69) is 20.8 Å². The van der Waals surface area contributed by atoms with Gasteiger partial charge < -0.3 is 15.7 Å². The minimum Gasteiger partial charge on any atom is -0.508 e. The number of nitrogens with zero attached hydrogens (tertiary/aromatic N) is 1. The molecular formula is C17H15FN4O2. The molecule has 4 N–H and O–H groups in total. The summed E-state index contributed by atoms with van der Waals surface area (Å²) >= 11 is 0. The highest BCUT2D eigenvalue weighted by Gasteiger charge is 2.20. The molecule has 0 fully saturated rings.